The van der Waals surface area contributed by atoms with E-state index in [2.05, 4.69) is 5.10 Å². The Kier molecular flexibility index (Phi) is 4.85. The normalized spacial score (nSPS) is 14.6. The van der Waals surface area contributed by atoms with Gasteiger partial charge in [-0.05, 0) is 30.9 Å². The van der Waals surface area contributed by atoms with E-state index in [0.717, 1.165) is 29.5 Å². The summed E-state index contributed by atoms with van der Waals surface area (Å²) >= 11 is 0. The fraction of sp³-hybridized carbons (Fsp3) is 0.286. The summed E-state index contributed by atoms with van der Waals surface area (Å²) in [6, 6.07) is 18.0. The van der Waals surface area contributed by atoms with Gasteiger partial charge >= 0.3 is 0 Å². The molecule has 5 nitrogen and oxygen atoms in total. The first-order valence-corrected chi connectivity index (χ1v) is 10.6. The van der Waals surface area contributed by atoms with E-state index in [9.17, 15) is 8.42 Å². The van der Waals surface area contributed by atoms with Gasteiger partial charge in [-0.25, -0.2) is 8.42 Å². The number of aryl methyl sites for hydroxylation is 1. The van der Waals surface area contributed by atoms with Gasteiger partial charge in [0.1, 0.15) is 4.90 Å². The third-order valence-electron chi connectivity index (χ3n) is 4.78. The predicted molar refractivity (Wildman–Crippen MR) is 105 cm³/mol. The van der Waals surface area contributed by atoms with Gasteiger partial charge in [0.05, 0.1) is 12.7 Å². The Hall–Kier alpha value is -2.44. The average Bonchev–Trinajstić information content (AvgIpc) is 3.38. The number of nitrogens with zero attached hydrogens (tertiary/aromatic N) is 3. The molecule has 0 N–H and O–H groups in total. The Morgan fingerprint density at radius 1 is 1.07 bits per heavy atom. The van der Waals surface area contributed by atoms with E-state index < -0.39 is 10.0 Å². The molecule has 0 atom stereocenters. The topological polar surface area (TPSA) is 55.2 Å². The van der Waals surface area contributed by atoms with Crippen molar-refractivity contribution in [3.63, 3.8) is 0 Å². The van der Waals surface area contributed by atoms with Crippen LogP contribution in [0.3, 0.4) is 0 Å². The second-order valence-electron chi connectivity index (χ2n) is 7.13. The minimum Gasteiger partial charge on any atom is -0.267 e. The van der Waals surface area contributed by atoms with Crippen molar-refractivity contribution in [2.75, 3.05) is 0 Å². The van der Waals surface area contributed by atoms with Crippen LogP contribution in [0.4, 0.5) is 0 Å². The zero-order valence-electron chi connectivity index (χ0n) is 15.3. The molecule has 0 spiro atoms. The summed E-state index contributed by atoms with van der Waals surface area (Å²) in [5.41, 5.74) is 3.24. The quantitative estimate of drug-likeness (QED) is 0.628. The second kappa shape index (κ2) is 7.29. The fourth-order valence-electron chi connectivity index (χ4n) is 3.23. The summed E-state index contributed by atoms with van der Waals surface area (Å²) in [5.74, 6) is 0. The third-order valence-corrected chi connectivity index (χ3v) is 6.63. The molecule has 1 aromatic heterocycles. The second-order valence-corrected chi connectivity index (χ2v) is 9.02. The van der Waals surface area contributed by atoms with Gasteiger partial charge in [0.15, 0.2) is 0 Å². The van der Waals surface area contributed by atoms with Gasteiger partial charge in [0.25, 0.3) is 0 Å². The van der Waals surface area contributed by atoms with E-state index in [1.54, 1.807) is 15.2 Å². The zero-order chi connectivity index (χ0) is 18.9. The van der Waals surface area contributed by atoms with Crippen LogP contribution in [0, 0.1) is 6.92 Å². The van der Waals surface area contributed by atoms with E-state index in [-0.39, 0.29) is 10.9 Å². The molecule has 1 aliphatic carbocycles. The lowest BCUT2D eigenvalue weighted by atomic mass is 10.1. The van der Waals surface area contributed by atoms with Crippen LogP contribution in [0.15, 0.2) is 71.9 Å². The largest absolute Gasteiger partial charge is 0.267 e. The Morgan fingerprint density at radius 3 is 2.52 bits per heavy atom. The number of hydrogen-bond acceptors (Lipinski definition) is 3. The van der Waals surface area contributed by atoms with Gasteiger partial charge < -0.3 is 0 Å². The Bertz CT molecular complexity index is 1020. The molecular formula is C21H23N3O2S. The van der Waals surface area contributed by atoms with Crippen LogP contribution in [-0.2, 0) is 23.1 Å². The predicted octanol–water partition coefficient (Wildman–Crippen LogP) is 3.59. The zero-order valence-corrected chi connectivity index (χ0v) is 16.1. The average molecular weight is 382 g/mol. The van der Waals surface area contributed by atoms with E-state index in [4.69, 9.17) is 0 Å². The van der Waals surface area contributed by atoms with Gasteiger partial charge in [-0.1, -0.05) is 60.2 Å². The Balaban J connectivity index is 1.57. The first-order chi connectivity index (χ1) is 13.0. The summed E-state index contributed by atoms with van der Waals surface area (Å²) in [6.45, 7) is 2.98. The Morgan fingerprint density at radius 2 is 1.81 bits per heavy atom. The molecule has 0 radical (unpaired) electrons. The number of aromatic nitrogens is 2. The molecule has 3 aromatic rings. The highest BCUT2D eigenvalue weighted by Gasteiger charge is 2.38. The first-order valence-electron chi connectivity index (χ1n) is 9.16. The monoisotopic (exact) mass is 381 g/mol. The molecule has 0 aliphatic heterocycles. The fourth-order valence-corrected chi connectivity index (χ4v) is 4.86. The Labute approximate surface area is 160 Å². The van der Waals surface area contributed by atoms with E-state index >= 15 is 0 Å². The molecule has 0 amide bonds. The van der Waals surface area contributed by atoms with Gasteiger partial charge in [0, 0.05) is 18.8 Å². The van der Waals surface area contributed by atoms with Crippen LogP contribution in [0.25, 0.3) is 0 Å². The van der Waals surface area contributed by atoms with Crippen molar-refractivity contribution >= 4 is 10.0 Å². The number of rotatable bonds is 7. The number of sulfonamides is 1. The maximum Gasteiger partial charge on any atom is 0.246 e. The molecule has 27 heavy (non-hydrogen) atoms. The molecule has 1 saturated carbocycles. The molecule has 6 heteroatoms. The summed E-state index contributed by atoms with van der Waals surface area (Å²) < 4.78 is 29.8. The lowest BCUT2D eigenvalue weighted by Crippen LogP contribution is -2.32. The standard InChI is InChI=1S/C21H23N3O2S/c1-17-6-5-9-19(12-17)15-24(20-10-11-20)27(25,26)21-13-22-23(16-21)14-18-7-3-2-4-8-18/h2-9,12-13,16,20H,10-11,14-15H2,1H3. The minimum absolute atomic E-state index is 0.0907. The van der Waals surface area contributed by atoms with Crippen molar-refractivity contribution < 1.29 is 8.42 Å². The summed E-state index contributed by atoms with van der Waals surface area (Å²) in [5, 5.41) is 4.27. The van der Waals surface area contributed by atoms with Gasteiger partial charge in [-0.15, -0.1) is 0 Å². The highest BCUT2D eigenvalue weighted by Crippen LogP contribution is 2.33. The van der Waals surface area contributed by atoms with Crippen molar-refractivity contribution in [3.05, 3.63) is 83.7 Å². The first kappa shape index (κ1) is 17.9. The van der Waals surface area contributed by atoms with E-state index in [1.165, 1.54) is 6.20 Å². The smallest absolute Gasteiger partial charge is 0.246 e. The van der Waals surface area contributed by atoms with Gasteiger partial charge in [-0.2, -0.15) is 9.40 Å². The van der Waals surface area contributed by atoms with Crippen molar-refractivity contribution in [2.24, 2.45) is 0 Å². The molecule has 4 rings (SSSR count). The number of hydrogen-bond donors (Lipinski definition) is 0. The van der Waals surface area contributed by atoms with Crippen LogP contribution in [0.1, 0.15) is 29.5 Å². The molecular weight excluding hydrogens is 358 g/mol. The summed E-state index contributed by atoms with van der Waals surface area (Å²) in [6.07, 6.45) is 4.93. The van der Waals surface area contributed by atoms with Crippen LogP contribution in [0.5, 0.6) is 0 Å². The molecule has 140 valence electrons. The van der Waals surface area contributed by atoms with E-state index in [1.807, 2.05) is 61.5 Å². The third kappa shape index (κ3) is 4.12. The molecule has 2 aromatic carbocycles. The molecule has 0 bridgehead atoms. The van der Waals surface area contributed by atoms with Crippen LogP contribution in [-0.4, -0.2) is 28.5 Å². The highest BCUT2D eigenvalue weighted by molar-refractivity contribution is 7.89. The molecule has 1 aliphatic rings. The number of benzene rings is 2. The van der Waals surface area contributed by atoms with Crippen molar-refractivity contribution in [1.29, 1.82) is 0 Å². The minimum atomic E-state index is -3.57. The van der Waals surface area contributed by atoms with Gasteiger partial charge in [-0.3, -0.25) is 4.68 Å². The van der Waals surface area contributed by atoms with Crippen molar-refractivity contribution in [1.82, 2.24) is 14.1 Å². The lowest BCUT2D eigenvalue weighted by Gasteiger charge is -2.21. The summed E-state index contributed by atoms with van der Waals surface area (Å²) in [7, 11) is -3.57. The van der Waals surface area contributed by atoms with Crippen molar-refractivity contribution in [3.8, 4) is 0 Å². The lowest BCUT2D eigenvalue weighted by molar-refractivity contribution is 0.398. The van der Waals surface area contributed by atoms with Gasteiger partial charge in [0.2, 0.25) is 10.0 Å². The SMILES string of the molecule is Cc1cccc(CN(C2CC2)S(=O)(=O)c2cnn(Cc3ccccc3)c2)c1. The highest BCUT2D eigenvalue weighted by atomic mass is 32.2. The maximum absolute atomic E-state index is 13.2. The summed E-state index contributed by atoms with van der Waals surface area (Å²) in [4.78, 5) is 0.262. The van der Waals surface area contributed by atoms with Crippen LogP contribution in [0.2, 0.25) is 0 Å². The molecule has 0 saturated heterocycles. The molecule has 0 unspecified atom stereocenters. The maximum atomic E-state index is 13.2. The molecule has 1 heterocycles. The van der Waals surface area contributed by atoms with E-state index in [0.29, 0.717) is 13.1 Å². The molecule has 1 fully saturated rings. The van der Waals surface area contributed by atoms with Crippen molar-refractivity contribution in [2.45, 2.75) is 43.8 Å². The van der Waals surface area contributed by atoms with Crippen LogP contribution >= 0.6 is 0 Å². The van der Waals surface area contributed by atoms with Crippen LogP contribution < -0.4 is 0 Å².